The summed E-state index contributed by atoms with van der Waals surface area (Å²) >= 11 is 0. The monoisotopic (exact) mass is 450 g/mol. The molecule has 3 aromatic rings. The molecule has 1 aliphatic heterocycles. The normalized spacial score (nSPS) is 13.7. The van der Waals surface area contributed by atoms with Crippen LogP contribution in [-0.4, -0.2) is 51.3 Å². The van der Waals surface area contributed by atoms with Crippen LogP contribution in [-0.2, 0) is 0 Å². The van der Waals surface area contributed by atoms with Crippen LogP contribution in [0.4, 0.5) is 27.5 Å². The predicted octanol–water partition coefficient (Wildman–Crippen LogP) is 2.71. The van der Waals surface area contributed by atoms with Crippen molar-refractivity contribution in [1.82, 2.24) is 4.90 Å². The van der Waals surface area contributed by atoms with Gasteiger partial charge in [0.25, 0.3) is 10.9 Å². The number of carbonyl (C=O) groups excluding carboxylic acids is 1. The number of hydrogen-bond donors (Lipinski definition) is 2. The Morgan fingerprint density at radius 2 is 1.61 bits per heavy atom. The van der Waals surface area contributed by atoms with E-state index in [0.717, 1.165) is 11.3 Å². The minimum Gasteiger partial charge on any atom is -0.493 e. The van der Waals surface area contributed by atoms with E-state index in [-0.39, 0.29) is 6.03 Å². The highest BCUT2D eigenvalue weighted by atomic mass is 16.5. The fourth-order valence-electron chi connectivity index (χ4n) is 3.89. The van der Waals surface area contributed by atoms with E-state index in [1.807, 2.05) is 36.1 Å². The molecule has 0 spiro atoms. The number of nitrogens with zero attached hydrogens (tertiary/aromatic N) is 2. The molecule has 33 heavy (non-hydrogen) atoms. The van der Waals surface area contributed by atoms with Gasteiger partial charge in [0, 0.05) is 43.6 Å². The highest BCUT2D eigenvalue weighted by Crippen LogP contribution is 2.30. The second-order valence-electron chi connectivity index (χ2n) is 7.80. The van der Waals surface area contributed by atoms with E-state index in [9.17, 15) is 14.4 Å². The van der Waals surface area contributed by atoms with E-state index in [4.69, 9.17) is 9.47 Å². The third-order valence-corrected chi connectivity index (χ3v) is 5.81. The number of nitrogens with one attached hydrogen (secondary N) is 2. The Bertz CT molecular complexity index is 1240. The van der Waals surface area contributed by atoms with Crippen LogP contribution in [0, 0.1) is 6.92 Å². The molecule has 1 heterocycles. The van der Waals surface area contributed by atoms with Gasteiger partial charge in [-0.3, -0.25) is 9.59 Å². The lowest BCUT2D eigenvalue weighted by Crippen LogP contribution is -2.53. The number of anilines is 4. The van der Waals surface area contributed by atoms with E-state index in [1.165, 1.54) is 7.11 Å². The number of carbonyl (C=O) groups is 1. The molecule has 0 aromatic heterocycles. The maximum absolute atomic E-state index is 12.7. The number of para-hydroxylation sites is 1. The molecular weight excluding hydrogens is 424 g/mol. The Morgan fingerprint density at radius 1 is 0.909 bits per heavy atom. The van der Waals surface area contributed by atoms with Gasteiger partial charge in [0.05, 0.1) is 14.2 Å². The van der Waals surface area contributed by atoms with Crippen molar-refractivity contribution in [3.05, 3.63) is 68.5 Å². The highest BCUT2D eigenvalue weighted by molar-refractivity contribution is 5.90. The number of hydrogen-bond acceptors (Lipinski definition) is 7. The van der Waals surface area contributed by atoms with Crippen LogP contribution in [0.2, 0.25) is 0 Å². The second kappa shape index (κ2) is 9.23. The van der Waals surface area contributed by atoms with Crippen molar-refractivity contribution in [2.75, 3.05) is 55.9 Å². The number of ether oxygens (including phenoxy) is 2. The SMILES string of the molecule is COc1ccc(NC(=O)N2CCN(c3c(Nc4ccccc4C)c(=O)c3=O)CC2)cc1OC. The molecule has 0 unspecified atom stereocenters. The first-order valence-corrected chi connectivity index (χ1v) is 10.6. The van der Waals surface area contributed by atoms with Crippen LogP contribution in [0.1, 0.15) is 5.56 Å². The van der Waals surface area contributed by atoms with Gasteiger partial charge in [0.1, 0.15) is 11.4 Å². The van der Waals surface area contributed by atoms with E-state index in [1.54, 1.807) is 30.2 Å². The van der Waals surface area contributed by atoms with Crippen LogP contribution >= 0.6 is 0 Å². The first-order valence-electron chi connectivity index (χ1n) is 10.6. The molecule has 0 radical (unpaired) electrons. The molecule has 3 aromatic carbocycles. The molecule has 2 N–H and O–H groups in total. The molecule has 1 aliphatic rings. The van der Waals surface area contributed by atoms with Gasteiger partial charge in [-0.2, -0.15) is 0 Å². The van der Waals surface area contributed by atoms with Crippen LogP contribution in [0.3, 0.4) is 0 Å². The summed E-state index contributed by atoms with van der Waals surface area (Å²) < 4.78 is 10.5. The van der Waals surface area contributed by atoms with Crippen molar-refractivity contribution < 1.29 is 14.3 Å². The quantitative estimate of drug-likeness (QED) is 0.557. The molecule has 2 amide bonds. The molecule has 1 fully saturated rings. The summed E-state index contributed by atoms with van der Waals surface area (Å²) in [5.74, 6) is 1.10. The first kappa shape index (κ1) is 22.2. The number of urea groups is 1. The summed E-state index contributed by atoms with van der Waals surface area (Å²) in [5.41, 5.74) is 2.07. The summed E-state index contributed by atoms with van der Waals surface area (Å²) in [5, 5.41) is 5.97. The Hall–Kier alpha value is -4.01. The lowest BCUT2D eigenvalue weighted by molar-refractivity contribution is 0.208. The van der Waals surface area contributed by atoms with Crippen molar-refractivity contribution >= 4 is 28.8 Å². The minimum atomic E-state index is -0.512. The fraction of sp³-hybridized carbons (Fsp3) is 0.292. The number of amides is 2. The Kier molecular flexibility index (Phi) is 6.21. The zero-order chi connectivity index (χ0) is 23.5. The Balaban J connectivity index is 1.40. The summed E-state index contributed by atoms with van der Waals surface area (Å²) in [4.78, 5) is 40.8. The topological polar surface area (TPSA) is 100 Å². The average molecular weight is 450 g/mol. The summed E-state index contributed by atoms with van der Waals surface area (Å²) in [7, 11) is 3.08. The molecule has 4 rings (SSSR count). The minimum absolute atomic E-state index is 0.245. The molecule has 0 atom stereocenters. The summed E-state index contributed by atoms with van der Waals surface area (Å²) in [6.45, 7) is 3.67. The third kappa shape index (κ3) is 4.34. The molecule has 0 aliphatic carbocycles. The average Bonchev–Trinajstić information content (AvgIpc) is 2.84. The van der Waals surface area contributed by atoms with Crippen molar-refractivity contribution in [1.29, 1.82) is 0 Å². The Morgan fingerprint density at radius 3 is 2.27 bits per heavy atom. The molecule has 172 valence electrons. The van der Waals surface area contributed by atoms with E-state index in [2.05, 4.69) is 10.6 Å². The first-order chi connectivity index (χ1) is 15.9. The molecule has 9 nitrogen and oxygen atoms in total. The zero-order valence-electron chi connectivity index (χ0n) is 18.8. The highest BCUT2D eigenvalue weighted by Gasteiger charge is 2.30. The standard InChI is InChI=1S/C24H26N4O5/c1-15-6-4-5-7-17(15)26-20-21(23(30)22(20)29)27-10-12-28(13-11-27)24(31)25-16-8-9-18(32-2)19(14-16)33-3/h4-9,14,26H,10-13H2,1-3H3,(H,25,31). The molecule has 0 bridgehead atoms. The molecular formula is C24H26N4O5. The van der Waals surface area contributed by atoms with Gasteiger partial charge in [0.2, 0.25) is 0 Å². The maximum atomic E-state index is 12.7. The van der Waals surface area contributed by atoms with Crippen LogP contribution in [0.25, 0.3) is 0 Å². The number of piperazine rings is 1. The van der Waals surface area contributed by atoms with Crippen molar-refractivity contribution in [3.8, 4) is 11.5 Å². The number of benzene rings is 2. The smallest absolute Gasteiger partial charge is 0.321 e. The molecule has 1 saturated heterocycles. The zero-order valence-corrected chi connectivity index (χ0v) is 18.8. The maximum Gasteiger partial charge on any atom is 0.321 e. The van der Waals surface area contributed by atoms with E-state index < -0.39 is 10.9 Å². The number of methoxy groups -OCH3 is 2. The van der Waals surface area contributed by atoms with E-state index in [0.29, 0.717) is 54.7 Å². The summed E-state index contributed by atoms with van der Waals surface area (Å²) in [6.07, 6.45) is 0. The van der Waals surface area contributed by atoms with Crippen LogP contribution in [0.5, 0.6) is 11.5 Å². The van der Waals surface area contributed by atoms with Gasteiger partial charge in [0.15, 0.2) is 11.5 Å². The largest absolute Gasteiger partial charge is 0.493 e. The van der Waals surface area contributed by atoms with Gasteiger partial charge in [-0.1, -0.05) is 18.2 Å². The lowest BCUT2D eigenvalue weighted by Gasteiger charge is -2.37. The summed E-state index contributed by atoms with van der Waals surface area (Å²) in [6, 6.07) is 12.5. The lowest BCUT2D eigenvalue weighted by atomic mass is 10.1. The van der Waals surface area contributed by atoms with Crippen molar-refractivity contribution in [2.24, 2.45) is 0 Å². The van der Waals surface area contributed by atoms with Gasteiger partial charge in [-0.15, -0.1) is 0 Å². The molecule has 0 saturated carbocycles. The van der Waals surface area contributed by atoms with Gasteiger partial charge in [-0.25, -0.2) is 4.79 Å². The number of rotatable bonds is 6. The van der Waals surface area contributed by atoms with Crippen molar-refractivity contribution in [3.63, 3.8) is 0 Å². The third-order valence-electron chi connectivity index (χ3n) is 5.81. The van der Waals surface area contributed by atoms with E-state index >= 15 is 0 Å². The predicted molar refractivity (Wildman–Crippen MR) is 128 cm³/mol. The molecule has 9 heteroatoms. The van der Waals surface area contributed by atoms with Gasteiger partial charge in [-0.05, 0) is 30.7 Å². The number of aryl methyl sites for hydroxylation is 1. The Labute approximate surface area is 191 Å². The second-order valence-corrected chi connectivity index (χ2v) is 7.80. The van der Waals surface area contributed by atoms with Crippen LogP contribution in [0.15, 0.2) is 52.1 Å². The van der Waals surface area contributed by atoms with Crippen LogP contribution < -0.4 is 35.9 Å². The fourth-order valence-corrected chi connectivity index (χ4v) is 3.89. The van der Waals surface area contributed by atoms with Gasteiger partial charge < -0.3 is 29.9 Å². The van der Waals surface area contributed by atoms with Gasteiger partial charge >= 0.3 is 6.03 Å². The van der Waals surface area contributed by atoms with Crippen molar-refractivity contribution in [2.45, 2.75) is 6.92 Å².